The van der Waals surface area contributed by atoms with Crippen molar-refractivity contribution in [1.29, 1.82) is 0 Å². The van der Waals surface area contributed by atoms with Crippen molar-refractivity contribution >= 4 is 6.01 Å². The Labute approximate surface area is 75.2 Å². The molecule has 0 heterocycles. The molecule has 0 N–H and O–H groups in total. The van der Waals surface area contributed by atoms with Crippen LogP contribution in [0.25, 0.3) is 0 Å². The highest BCUT2D eigenvalue weighted by Crippen LogP contribution is 1.96. The first-order valence-electron chi connectivity index (χ1n) is 4.43. The van der Waals surface area contributed by atoms with Crippen LogP contribution in [0.5, 0.6) is 0 Å². The maximum absolute atomic E-state index is 4.04. The second kappa shape index (κ2) is 7.01. The smallest absolute Gasteiger partial charge is 0.0892 e. The Hall–Kier alpha value is -0.660. The van der Waals surface area contributed by atoms with E-state index in [4.69, 9.17) is 0 Å². The molecular formula is C9H19N3. The van der Waals surface area contributed by atoms with E-state index in [2.05, 4.69) is 41.9 Å². The van der Waals surface area contributed by atoms with E-state index in [0.717, 1.165) is 19.5 Å². The van der Waals surface area contributed by atoms with Gasteiger partial charge in [-0.2, -0.15) is 0 Å². The van der Waals surface area contributed by atoms with Gasteiger partial charge in [-0.15, -0.1) is 0 Å². The van der Waals surface area contributed by atoms with Gasteiger partial charge in [-0.3, -0.25) is 0 Å². The first kappa shape index (κ1) is 11.3. The average molecular weight is 169 g/mol. The van der Waals surface area contributed by atoms with Crippen LogP contribution in [0.4, 0.5) is 0 Å². The topological polar surface area (TPSA) is 28.0 Å². The highest BCUT2D eigenvalue weighted by molar-refractivity contribution is 5.40. The van der Waals surface area contributed by atoms with Crippen molar-refractivity contribution in [3.8, 4) is 0 Å². The van der Waals surface area contributed by atoms with E-state index in [1.807, 2.05) is 6.92 Å². The molecule has 0 amide bonds. The Balaban J connectivity index is 3.49. The highest BCUT2D eigenvalue weighted by Gasteiger charge is 2.01. The SMILES string of the molecule is CCN=C=NCCC(C)N(C)C. The quantitative estimate of drug-likeness (QED) is 0.573. The summed E-state index contributed by atoms with van der Waals surface area (Å²) in [6.45, 7) is 5.76. The zero-order chi connectivity index (χ0) is 9.40. The van der Waals surface area contributed by atoms with Crippen molar-refractivity contribution in [1.82, 2.24) is 4.90 Å². The molecule has 1 atom stereocenters. The van der Waals surface area contributed by atoms with Gasteiger partial charge in [-0.05, 0) is 34.4 Å². The minimum absolute atomic E-state index is 0.581. The number of aliphatic imine (C=N–C) groups is 2. The normalized spacial score (nSPS) is 12.4. The second-order valence-corrected chi connectivity index (χ2v) is 3.06. The first-order chi connectivity index (χ1) is 5.68. The van der Waals surface area contributed by atoms with Gasteiger partial charge in [0.15, 0.2) is 0 Å². The molecule has 0 fully saturated rings. The molecule has 0 aliphatic carbocycles. The Morgan fingerprint density at radius 3 is 2.50 bits per heavy atom. The standard InChI is InChI=1S/C9H19N3/c1-5-10-8-11-7-6-9(2)12(3)4/h9H,5-7H2,1-4H3. The molecule has 3 heteroatoms. The zero-order valence-electron chi connectivity index (χ0n) is 8.54. The molecule has 3 nitrogen and oxygen atoms in total. The van der Waals surface area contributed by atoms with Crippen LogP contribution in [0.15, 0.2) is 9.98 Å². The Morgan fingerprint density at radius 1 is 1.33 bits per heavy atom. The number of hydrogen-bond donors (Lipinski definition) is 0. The fourth-order valence-electron chi connectivity index (χ4n) is 0.680. The summed E-state index contributed by atoms with van der Waals surface area (Å²) in [5, 5.41) is 0. The van der Waals surface area contributed by atoms with E-state index in [9.17, 15) is 0 Å². The third-order valence-corrected chi connectivity index (χ3v) is 1.84. The molecule has 0 saturated carbocycles. The van der Waals surface area contributed by atoms with E-state index in [1.165, 1.54) is 0 Å². The van der Waals surface area contributed by atoms with Crippen LogP contribution < -0.4 is 0 Å². The molecule has 0 aliphatic heterocycles. The Kier molecular flexibility index (Phi) is 6.63. The van der Waals surface area contributed by atoms with Crippen LogP contribution in [0.1, 0.15) is 20.3 Å². The predicted octanol–water partition coefficient (Wildman–Crippen LogP) is 1.52. The van der Waals surface area contributed by atoms with Crippen LogP contribution in [-0.2, 0) is 0 Å². The van der Waals surface area contributed by atoms with Gasteiger partial charge < -0.3 is 4.90 Å². The van der Waals surface area contributed by atoms with E-state index in [1.54, 1.807) is 0 Å². The molecule has 70 valence electrons. The van der Waals surface area contributed by atoms with Gasteiger partial charge in [0.1, 0.15) is 0 Å². The van der Waals surface area contributed by atoms with Crippen LogP contribution in [0, 0.1) is 0 Å². The lowest BCUT2D eigenvalue weighted by molar-refractivity contribution is 0.302. The lowest BCUT2D eigenvalue weighted by Crippen LogP contribution is -2.25. The van der Waals surface area contributed by atoms with Crippen molar-refractivity contribution in [3.63, 3.8) is 0 Å². The van der Waals surface area contributed by atoms with Gasteiger partial charge in [0.25, 0.3) is 0 Å². The Morgan fingerprint density at radius 2 is 2.00 bits per heavy atom. The van der Waals surface area contributed by atoms with Crippen LogP contribution in [0.2, 0.25) is 0 Å². The number of rotatable bonds is 5. The molecule has 0 bridgehead atoms. The van der Waals surface area contributed by atoms with Crippen molar-refractivity contribution in [3.05, 3.63) is 0 Å². The van der Waals surface area contributed by atoms with Gasteiger partial charge in [0.2, 0.25) is 0 Å². The number of nitrogens with zero attached hydrogens (tertiary/aromatic N) is 3. The van der Waals surface area contributed by atoms with Crippen molar-refractivity contribution in [2.75, 3.05) is 27.2 Å². The zero-order valence-corrected chi connectivity index (χ0v) is 8.54. The summed E-state index contributed by atoms with van der Waals surface area (Å²) in [4.78, 5) is 10.1. The highest BCUT2D eigenvalue weighted by atomic mass is 15.1. The fraction of sp³-hybridized carbons (Fsp3) is 0.889. The molecular weight excluding hydrogens is 150 g/mol. The third kappa shape index (κ3) is 6.08. The molecule has 0 radical (unpaired) electrons. The minimum atomic E-state index is 0.581. The minimum Gasteiger partial charge on any atom is -0.307 e. The Bertz CT molecular complexity index is 157. The van der Waals surface area contributed by atoms with Crippen LogP contribution in [0.3, 0.4) is 0 Å². The van der Waals surface area contributed by atoms with E-state index >= 15 is 0 Å². The van der Waals surface area contributed by atoms with Crippen LogP contribution >= 0.6 is 0 Å². The van der Waals surface area contributed by atoms with E-state index in [-0.39, 0.29) is 0 Å². The van der Waals surface area contributed by atoms with Gasteiger partial charge >= 0.3 is 0 Å². The lowest BCUT2D eigenvalue weighted by atomic mass is 10.2. The average Bonchev–Trinajstić information content (AvgIpc) is 2.03. The third-order valence-electron chi connectivity index (χ3n) is 1.84. The summed E-state index contributed by atoms with van der Waals surface area (Å²) >= 11 is 0. The van der Waals surface area contributed by atoms with E-state index in [0.29, 0.717) is 6.04 Å². The molecule has 0 aliphatic rings. The molecule has 1 unspecified atom stereocenters. The summed E-state index contributed by atoms with van der Waals surface area (Å²) in [6.07, 6.45) is 1.07. The van der Waals surface area contributed by atoms with E-state index < -0.39 is 0 Å². The van der Waals surface area contributed by atoms with Gasteiger partial charge in [-0.1, -0.05) is 0 Å². The van der Waals surface area contributed by atoms with Gasteiger partial charge in [0.05, 0.1) is 12.6 Å². The summed E-state index contributed by atoms with van der Waals surface area (Å²) in [5.41, 5.74) is 0. The maximum Gasteiger partial charge on any atom is 0.0892 e. The maximum atomic E-state index is 4.04. The first-order valence-corrected chi connectivity index (χ1v) is 4.43. The molecule has 0 aromatic carbocycles. The summed E-state index contributed by atoms with van der Waals surface area (Å²) in [6, 6.07) is 3.24. The fourth-order valence-corrected chi connectivity index (χ4v) is 0.680. The van der Waals surface area contributed by atoms with Crippen LogP contribution in [-0.4, -0.2) is 44.1 Å². The van der Waals surface area contributed by atoms with Gasteiger partial charge in [0, 0.05) is 12.6 Å². The molecule has 0 saturated heterocycles. The van der Waals surface area contributed by atoms with Gasteiger partial charge in [-0.25, -0.2) is 9.98 Å². The largest absolute Gasteiger partial charge is 0.307 e. The van der Waals surface area contributed by atoms with Crippen molar-refractivity contribution in [2.24, 2.45) is 9.98 Å². The number of hydrogen-bond acceptors (Lipinski definition) is 3. The molecule has 0 aromatic rings. The summed E-state index contributed by atoms with van der Waals surface area (Å²) in [7, 11) is 4.16. The molecule has 12 heavy (non-hydrogen) atoms. The summed E-state index contributed by atoms with van der Waals surface area (Å²) in [5.74, 6) is 0. The molecule has 0 aromatic heterocycles. The second-order valence-electron chi connectivity index (χ2n) is 3.06. The lowest BCUT2D eigenvalue weighted by Gasteiger charge is -2.17. The van der Waals surface area contributed by atoms with Crippen molar-refractivity contribution in [2.45, 2.75) is 26.3 Å². The molecule has 0 rings (SSSR count). The predicted molar refractivity (Wildman–Crippen MR) is 53.0 cm³/mol. The van der Waals surface area contributed by atoms with Crippen molar-refractivity contribution < 1.29 is 0 Å². The monoisotopic (exact) mass is 169 g/mol. The molecule has 0 spiro atoms. The summed E-state index contributed by atoms with van der Waals surface area (Å²) < 4.78 is 0.